The van der Waals surface area contributed by atoms with Gasteiger partial charge in [0.2, 0.25) is 5.91 Å². The summed E-state index contributed by atoms with van der Waals surface area (Å²) in [6.45, 7) is 0.549. The molecule has 6 heteroatoms. The molecule has 0 saturated carbocycles. The van der Waals surface area contributed by atoms with Crippen LogP contribution in [0.2, 0.25) is 0 Å². The maximum absolute atomic E-state index is 11.7. The van der Waals surface area contributed by atoms with Crippen LogP contribution in [0.5, 0.6) is 0 Å². The van der Waals surface area contributed by atoms with Crippen molar-refractivity contribution in [2.75, 3.05) is 12.3 Å². The van der Waals surface area contributed by atoms with Crippen LogP contribution in [0.15, 0.2) is 30.6 Å². The smallest absolute Gasteiger partial charge is 0.220 e. The first-order valence-electron chi connectivity index (χ1n) is 6.60. The van der Waals surface area contributed by atoms with Crippen molar-refractivity contribution in [2.45, 2.75) is 19.3 Å². The number of hydrogen-bond acceptors (Lipinski definition) is 4. The van der Waals surface area contributed by atoms with Gasteiger partial charge < -0.3 is 11.1 Å². The number of amides is 1. The van der Waals surface area contributed by atoms with E-state index < -0.39 is 0 Å². The van der Waals surface area contributed by atoms with Crippen LogP contribution in [0.3, 0.4) is 0 Å². The molecule has 2 aromatic rings. The Labute approximate surface area is 118 Å². The zero-order valence-corrected chi connectivity index (χ0v) is 11.5. The Morgan fingerprint density at radius 3 is 2.85 bits per heavy atom. The number of aromatic nitrogens is 3. The molecule has 0 spiro atoms. The molecule has 106 valence electrons. The molecular weight excluding hydrogens is 254 g/mol. The maximum atomic E-state index is 11.7. The van der Waals surface area contributed by atoms with Crippen molar-refractivity contribution in [1.29, 1.82) is 0 Å². The number of aryl methyl sites for hydroxylation is 2. The van der Waals surface area contributed by atoms with E-state index in [1.807, 2.05) is 31.3 Å². The average Bonchev–Trinajstić information content (AvgIpc) is 2.83. The number of nitrogens with two attached hydrogens (primary N) is 1. The number of anilines is 1. The van der Waals surface area contributed by atoms with Crippen LogP contribution < -0.4 is 11.1 Å². The van der Waals surface area contributed by atoms with Gasteiger partial charge in [-0.25, -0.2) is 4.98 Å². The third-order valence-corrected chi connectivity index (χ3v) is 2.99. The van der Waals surface area contributed by atoms with Gasteiger partial charge in [0.05, 0.1) is 0 Å². The minimum atomic E-state index is 0.0178. The normalized spacial score (nSPS) is 10.4. The number of para-hydroxylation sites is 1. The number of nitrogens with one attached hydrogen (secondary N) is 1. The van der Waals surface area contributed by atoms with Crippen molar-refractivity contribution in [3.05, 3.63) is 42.0 Å². The van der Waals surface area contributed by atoms with E-state index in [2.05, 4.69) is 15.4 Å². The van der Waals surface area contributed by atoms with Crippen LogP contribution in [-0.4, -0.2) is 27.2 Å². The summed E-state index contributed by atoms with van der Waals surface area (Å²) in [7, 11) is 1.82. The zero-order chi connectivity index (χ0) is 14.4. The molecule has 1 aromatic carbocycles. The van der Waals surface area contributed by atoms with Crippen molar-refractivity contribution in [3.63, 3.8) is 0 Å². The van der Waals surface area contributed by atoms with Gasteiger partial charge in [-0.15, -0.1) is 0 Å². The molecule has 0 saturated heterocycles. The molecule has 0 aliphatic carbocycles. The Kier molecular flexibility index (Phi) is 4.70. The van der Waals surface area contributed by atoms with E-state index in [1.54, 1.807) is 11.0 Å². The molecule has 0 aliphatic heterocycles. The molecule has 3 N–H and O–H groups in total. The van der Waals surface area contributed by atoms with Gasteiger partial charge >= 0.3 is 0 Å². The molecule has 1 aromatic heterocycles. The summed E-state index contributed by atoms with van der Waals surface area (Å²) in [5.74, 6) is 0.754. The van der Waals surface area contributed by atoms with E-state index in [1.165, 1.54) is 0 Å². The van der Waals surface area contributed by atoms with Gasteiger partial charge in [-0.1, -0.05) is 18.2 Å². The van der Waals surface area contributed by atoms with Gasteiger partial charge in [-0.2, -0.15) is 5.10 Å². The second-order valence-electron chi connectivity index (χ2n) is 4.63. The Bertz CT molecular complexity index is 578. The highest BCUT2D eigenvalue weighted by Crippen LogP contribution is 2.12. The first kappa shape index (κ1) is 14.0. The van der Waals surface area contributed by atoms with Gasteiger partial charge in [-0.3, -0.25) is 9.48 Å². The number of nitrogen functional groups attached to an aromatic ring is 1. The fourth-order valence-electron chi connectivity index (χ4n) is 1.91. The Morgan fingerprint density at radius 2 is 2.15 bits per heavy atom. The first-order valence-corrected chi connectivity index (χ1v) is 6.60. The fraction of sp³-hybridized carbons (Fsp3) is 0.357. The van der Waals surface area contributed by atoms with Crippen LogP contribution in [0.4, 0.5) is 5.69 Å². The number of rotatable bonds is 6. The lowest BCUT2D eigenvalue weighted by Crippen LogP contribution is -2.26. The molecule has 1 heterocycles. The minimum absolute atomic E-state index is 0.0178. The summed E-state index contributed by atoms with van der Waals surface area (Å²) in [6, 6.07) is 7.61. The van der Waals surface area contributed by atoms with Gasteiger partial charge in [0.15, 0.2) is 5.82 Å². The number of carbonyl (C=O) groups is 1. The SMILES string of the molecule is Cn1cnc(CCNC(=O)CCc2ccccc2N)n1. The van der Waals surface area contributed by atoms with E-state index in [9.17, 15) is 4.79 Å². The second kappa shape index (κ2) is 6.70. The summed E-state index contributed by atoms with van der Waals surface area (Å²) >= 11 is 0. The predicted octanol–water partition coefficient (Wildman–Crippen LogP) is 0.689. The Balaban J connectivity index is 1.69. The van der Waals surface area contributed by atoms with Crippen molar-refractivity contribution >= 4 is 11.6 Å². The standard InChI is InChI=1S/C14H19N5O/c1-19-10-17-13(18-19)8-9-16-14(20)7-6-11-4-2-3-5-12(11)15/h2-5,10H,6-9,15H2,1H3,(H,16,20). The fourth-order valence-corrected chi connectivity index (χ4v) is 1.91. The quantitative estimate of drug-likeness (QED) is 0.758. The van der Waals surface area contributed by atoms with E-state index in [4.69, 9.17) is 5.73 Å². The lowest BCUT2D eigenvalue weighted by molar-refractivity contribution is -0.121. The highest BCUT2D eigenvalue weighted by atomic mass is 16.1. The lowest BCUT2D eigenvalue weighted by Gasteiger charge is -2.06. The highest BCUT2D eigenvalue weighted by molar-refractivity contribution is 5.76. The van der Waals surface area contributed by atoms with E-state index in [-0.39, 0.29) is 5.91 Å². The van der Waals surface area contributed by atoms with Crippen LogP contribution in [0.25, 0.3) is 0 Å². The van der Waals surface area contributed by atoms with Gasteiger partial charge in [0, 0.05) is 32.1 Å². The predicted molar refractivity (Wildman–Crippen MR) is 76.9 cm³/mol. The largest absolute Gasteiger partial charge is 0.399 e. The molecule has 1 amide bonds. The van der Waals surface area contributed by atoms with Crippen LogP contribution >= 0.6 is 0 Å². The molecule has 2 rings (SSSR count). The molecular formula is C14H19N5O. The highest BCUT2D eigenvalue weighted by Gasteiger charge is 2.05. The van der Waals surface area contributed by atoms with Crippen LogP contribution in [-0.2, 0) is 24.7 Å². The lowest BCUT2D eigenvalue weighted by atomic mass is 10.1. The summed E-state index contributed by atoms with van der Waals surface area (Å²) < 4.78 is 1.65. The van der Waals surface area contributed by atoms with E-state index in [0.717, 1.165) is 17.1 Å². The molecule has 20 heavy (non-hydrogen) atoms. The average molecular weight is 273 g/mol. The van der Waals surface area contributed by atoms with Crippen molar-refractivity contribution in [1.82, 2.24) is 20.1 Å². The zero-order valence-electron chi connectivity index (χ0n) is 11.5. The summed E-state index contributed by atoms with van der Waals surface area (Å²) in [5, 5.41) is 7.01. The van der Waals surface area contributed by atoms with Crippen molar-refractivity contribution in [2.24, 2.45) is 7.05 Å². The topological polar surface area (TPSA) is 85.8 Å². The number of hydrogen-bond donors (Lipinski definition) is 2. The van der Waals surface area contributed by atoms with Gasteiger partial charge in [0.1, 0.15) is 6.33 Å². The van der Waals surface area contributed by atoms with Gasteiger partial charge in [-0.05, 0) is 18.1 Å². The molecule has 6 nitrogen and oxygen atoms in total. The van der Waals surface area contributed by atoms with Crippen molar-refractivity contribution < 1.29 is 4.79 Å². The van der Waals surface area contributed by atoms with Crippen LogP contribution in [0, 0.1) is 0 Å². The second-order valence-corrected chi connectivity index (χ2v) is 4.63. The Morgan fingerprint density at radius 1 is 1.35 bits per heavy atom. The maximum Gasteiger partial charge on any atom is 0.220 e. The third-order valence-electron chi connectivity index (χ3n) is 2.99. The molecule has 0 radical (unpaired) electrons. The van der Waals surface area contributed by atoms with E-state index >= 15 is 0 Å². The third kappa shape index (κ3) is 4.08. The molecule has 0 aliphatic rings. The number of benzene rings is 1. The number of carbonyl (C=O) groups excluding carboxylic acids is 1. The summed E-state index contributed by atoms with van der Waals surface area (Å²) in [4.78, 5) is 15.8. The molecule has 0 unspecified atom stereocenters. The van der Waals surface area contributed by atoms with E-state index in [0.29, 0.717) is 25.8 Å². The molecule has 0 atom stereocenters. The Hall–Kier alpha value is -2.37. The van der Waals surface area contributed by atoms with Gasteiger partial charge in [0.25, 0.3) is 0 Å². The molecule has 0 bridgehead atoms. The first-order chi connectivity index (χ1) is 9.65. The minimum Gasteiger partial charge on any atom is -0.399 e. The number of nitrogens with zero attached hydrogens (tertiary/aromatic N) is 3. The summed E-state index contributed by atoms with van der Waals surface area (Å²) in [5.41, 5.74) is 7.58. The summed E-state index contributed by atoms with van der Waals surface area (Å²) in [6.07, 6.45) is 3.37. The van der Waals surface area contributed by atoms with Crippen molar-refractivity contribution in [3.8, 4) is 0 Å². The monoisotopic (exact) mass is 273 g/mol. The van der Waals surface area contributed by atoms with Crippen LogP contribution in [0.1, 0.15) is 17.8 Å². The molecule has 0 fully saturated rings.